The first-order valence-corrected chi connectivity index (χ1v) is 11.0. The van der Waals surface area contributed by atoms with Crippen molar-refractivity contribution in [2.45, 2.75) is 18.6 Å². The van der Waals surface area contributed by atoms with Gasteiger partial charge in [-0.25, -0.2) is 0 Å². The highest BCUT2D eigenvalue weighted by Crippen LogP contribution is 2.30. The van der Waals surface area contributed by atoms with Crippen LogP contribution in [0.4, 0.5) is 11.4 Å². The monoisotopic (exact) mass is 501 g/mol. The van der Waals surface area contributed by atoms with Crippen LogP contribution in [-0.4, -0.2) is 31.3 Å². The van der Waals surface area contributed by atoms with Crippen LogP contribution in [0.1, 0.15) is 6.92 Å². The van der Waals surface area contributed by atoms with Gasteiger partial charge in [0.15, 0.2) is 10.9 Å². The van der Waals surface area contributed by atoms with Crippen molar-refractivity contribution >= 4 is 55.9 Å². The number of hydrogen-bond acceptors (Lipinski definition) is 7. The number of benzene rings is 2. The van der Waals surface area contributed by atoms with Crippen molar-refractivity contribution < 1.29 is 14.1 Å². The highest BCUT2D eigenvalue weighted by Gasteiger charge is 2.18. The maximum atomic E-state index is 12.3. The molecule has 0 fully saturated rings. The van der Waals surface area contributed by atoms with Crippen LogP contribution in [0.2, 0.25) is 0 Å². The number of fused-ring (bicyclic) bond motifs is 1. The van der Waals surface area contributed by atoms with Crippen LogP contribution in [0.15, 0.2) is 62.6 Å². The molecule has 0 aliphatic rings. The Morgan fingerprint density at radius 2 is 2.00 bits per heavy atom. The summed E-state index contributed by atoms with van der Waals surface area (Å²) in [6, 6.07) is 13.3. The smallest absolute Gasteiger partial charge is 0.269 e. The molecule has 0 radical (unpaired) electrons. The summed E-state index contributed by atoms with van der Waals surface area (Å²) in [6.07, 6.45) is 0. The van der Waals surface area contributed by atoms with Gasteiger partial charge in [-0.1, -0.05) is 27.7 Å². The van der Waals surface area contributed by atoms with E-state index >= 15 is 0 Å². The standard InChI is InChI=1S/C20H16BrN5O4S/c1-2-25-19(17-10-12-9-13(21)3-8-16(12)30-17)23-24-20(25)31-11-18(27)22-14-4-6-15(7-5-14)26(28)29/h3-10H,2,11H2,1H3,(H,22,27). The normalized spacial score (nSPS) is 11.0. The fourth-order valence-corrected chi connectivity index (χ4v) is 4.16. The summed E-state index contributed by atoms with van der Waals surface area (Å²) in [6.45, 7) is 2.57. The average molecular weight is 502 g/mol. The number of carbonyl (C=O) groups is 1. The van der Waals surface area contributed by atoms with E-state index in [4.69, 9.17) is 4.42 Å². The number of hydrogen-bond donors (Lipinski definition) is 1. The number of nitro groups is 1. The topological polar surface area (TPSA) is 116 Å². The molecule has 4 aromatic rings. The van der Waals surface area contributed by atoms with E-state index in [1.807, 2.05) is 35.8 Å². The Bertz CT molecular complexity index is 1270. The van der Waals surface area contributed by atoms with Gasteiger partial charge in [0.25, 0.3) is 5.69 Å². The number of carbonyl (C=O) groups excluding carboxylic acids is 1. The first-order chi connectivity index (χ1) is 14.9. The minimum atomic E-state index is -0.489. The lowest BCUT2D eigenvalue weighted by Gasteiger charge is -2.07. The molecular formula is C20H16BrN5O4S. The molecular weight excluding hydrogens is 486 g/mol. The molecule has 0 bridgehead atoms. The van der Waals surface area contributed by atoms with E-state index in [1.54, 1.807) is 0 Å². The quantitative estimate of drug-likeness (QED) is 0.212. The number of anilines is 1. The van der Waals surface area contributed by atoms with Crippen molar-refractivity contribution in [3.63, 3.8) is 0 Å². The molecule has 31 heavy (non-hydrogen) atoms. The average Bonchev–Trinajstić information content (AvgIpc) is 3.35. The number of halogens is 1. The molecule has 0 aliphatic heterocycles. The predicted octanol–water partition coefficient (Wildman–Crippen LogP) is 5.11. The van der Waals surface area contributed by atoms with Gasteiger partial charge in [0.1, 0.15) is 5.58 Å². The second-order valence-corrected chi connectivity index (χ2v) is 8.34. The van der Waals surface area contributed by atoms with E-state index in [1.165, 1.54) is 36.0 Å². The number of amides is 1. The molecule has 0 spiro atoms. The van der Waals surface area contributed by atoms with Gasteiger partial charge in [0.2, 0.25) is 11.7 Å². The molecule has 9 nitrogen and oxygen atoms in total. The van der Waals surface area contributed by atoms with E-state index in [0.29, 0.717) is 29.0 Å². The summed E-state index contributed by atoms with van der Waals surface area (Å²) in [7, 11) is 0. The second kappa shape index (κ2) is 8.90. The summed E-state index contributed by atoms with van der Waals surface area (Å²) < 4.78 is 8.76. The minimum absolute atomic E-state index is 0.0334. The van der Waals surface area contributed by atoms with E-state index in [-0.39, 0.29) is 17.3 Å². The summed E-state index contributed by atoms with van der Waals surface area (Å²) in [5.74, 6) is 1.06. The van der Waals surface area contributed by atoms with Crippen LogP contribution in [-0.2, 0) is 11.3 Å². The van der Waals surface area contributed by atoms with E-state index in [2.05, 4.69) is 31.4 Å². The van der Waals surface area contributed by atoms with Gasteiger partial charge < -0.3 is 9.73 Å². The highest BCUT2D eigenvalue weighted by atomic mass is 79.9. The molecule has 0 aliphatic carbocycles. The lowest BCUT2D eigenvalue weighted by molar-refractivity contribution is -0.384. The van der Waals surface area contributed by atoms with Crippen LogP contribution in [0, 0.1) is 10.1 Å². The van der Waals surface area contributed by atoms with Crippen LogP contribution in [0.25, 0.3) is 22.6 Å². The number of nitrogens with one attached hydrogen (secondary N) is 1. The third-order valence-electron chi connectivity index (χ3n) is 4.43. The molecule has 0 saturated carbocycles. The number of thioether (sulfide) groups is 1. The summed E-state index contributed by atoms with van der Waals surface area (Å²) >= 11 is 4.70. The minimum Gasteiger partial charge on any atom is -0.453 e. The number of furan rings is 1. The molecule has 1 N–H and O–H groups in total. The number of non-ortho nitro benzene ring substituents is 1. The Morgan fingerprint density at radius 1 is 1.23 bits per heavy atom. The van der Waals surface area contributed by atoms with Crippen molar-refractivity contribution in [2.24, 2.45) is 0 Å². The van der Waals surface area contributed by atoms with Gasteiger partial charge in [0.05, 0.1) is 10.7 Å². The third-order valence-corrected chi connectivity index (χ3v) is 5.89. The van der Waals surface area contributed by atoms with E-state index < -0.39 is 4.92 Å². The second-order valence-electron chi connectivity index (χ2n) is 6.48. The van der Waals surface area contributed by atoms with Crippen molar-refractivity contribution in [1.82, 2.24) is 14.8 Å². The van der Waals surface area contributed by atoms with Gasteiger partial charge in [-0.05, 0) is 43.3 Å². The van der Waals surface area contributed by atoms with Crippen molar-refractivity contribution in [3.8, 4) is 11.6 Å². The molecule has 0 saturated heterocycles. The zero-order valence-electron chi connectivity index (χ0n) is 16.2. The van der Waals surface area contributed by atoms with Gasteiger partial charge in [0, 0.05) is 34.2 Å². The zero-order valence-corrected chi connectivity index (χ0v) is 18.6. The molecule has 2 heterocycles. The van der Waals surface area contributed by atoms with Crippen LogP contribution < -0.4 is 5.32 Å². The molecule has 2 aromatic heterocycles. The van der Waals surface area contributed by atoms with E-state index in [9.17, 15) is 14.9 Å². The van der Waals surface area contributed by atoms with Gasteiger partial charge in [-0.2, -0.15) is 0 Å². The Morgan fingerprint density at radius 3 is 2.71 bits per heavy atom. The van der Waals surface area contributed by atoms with Gasteiger partial charge in [-0.15, -0.1) is 10.2 Å². The fraction of sp³-hybridized carbons (Fsp3) is 0.150. The van der Waals surface area contributed by atoms with Crippen LogP contribution in [0.5, 0.6) is 0 Å². The highest BCUT2D eigenvalue weighted by molar-refractivity contribution is 9.10. The molecule has 1 amide bonds. The molecule has 4 rings (SSSR count). The first kappa shape index (κ1) is 21.1. The third kappa shape index (κ3) is 4.62. The molecule has 0 unspecified atom stereocenters. The molecule has 0 atom stereocenters. The number of rotatable bonds is 7. The lowest BCUT2D eigenvalue weighted by atomic mass is 10.2. The largest absolute Gasteiger partial charge is 0.453 e. The Balaban J connectivity index is 1.45. The maximum Gasteiger partial charge on any atom is 0.269 e. The molecule has 2 aromatic carbocycles. The first-order valence-electron chi connectivity index (χ1n) is 9.24. The number of nitrogens with zero attached hydrogens (tertiary/aromatic N) is 4. The Kier molecular flexibility index (Phi) is 6.05. The Labute approximate surface area is 189 Å². The Hall–Kier alpha value is -3.18. The SMILES string of the molecule is CCn1c(SCC(=O)Nc2ccc([N+](=O)[O-])cc2)nnc1-c1cc2cc(Br)ccc2o1. The van der Waals surface area contributed by atoms with Crippen molar-refractivity contribution in [1.29, 1.82) is 0 Å². The molecule has 11 heteroatoms. The van der Waals surface area contributed by atoms with Crippen LogP contribution in [0.3, 0.4) is 0 Å². The summed E-state index contributed by atoms with van der Waals surface area (Å²) in [5.41, 5.74) is 1.21. The summed E-state index contributed by atoms with van der Waals surface area (Å²) in [4.78, 5) is 22.5. The summed E-state index contributed by atoms with van der Waals surface area (Å²) in [5, 5.41) is 23.4. The zero-order chi connectivity index (χ0) is 22.0. The maximum absolute atomic E-state index is 12.3. The van der Waals surface area contributed by atoms with Crippen molar-refractivity contribution in [3.05, 3.63) is 63.1 Å². The van der Waals surface area contributed by atoms with Crippen LogP contribution >= 0.6 is 27.7 Å². The van der Waals surface area contributed by atoms with Crippen molar-refractivity contribution in [2.75, 3.05) is 11.1 Å². The predicted molar refractivity (Wildman–Crippen MR) is 121 cm³/mol. The lowest BCUT2D eigenvalue weighted by Crippen LogP contribution is -2.14. The number of aromatic nitrogens is 3. The molecule has 158 valence electrons. The fourth-order valence-electron chi connectivity index (χ4n) is 2.98. The van der Waals surface area contributed by atoms with Gasteiger partial charge >= 0.3 is 0 Å². The van der Waals surface area contributed by atoms with E-state index in [0.717, 1.165) is 15.4 Å². The number of nitro benzene ring substituents is 1. The van der Waals surface area contributed by atoms with Gasteiger partial charge in [-0.3, -0.25) is 19.5 Å².